The van der Waals surface area contributed by atoms with Crippen molar-refractivity contribution < 1.29 is 9.59 Å². The van der Waals surface area contributed by atoms with Crippen LogP contribution in [0.4, 0.5) is 0 Å². The molecule has 1 atom stereocenters. The third-order valence-corrected chi connectivity index (χ3v) is 4.43. The van der Waals surface area contributed by atoms with Crippen LogP contribution in [0, 0.1) is 12.8 Å². The van der Waals surface area contributed by atoms with Crippen molar-refractivity contribution in [1.82, 2.24) is 15.3 Å². The van der Waals surface area contributed by atoms with Crippen LogP contribution in [0.1, 0.15) is 26.6 Å². The smallest absolute Gasteiger partial charge is 0.231 e. The molecule has 122 valence electrons. The van der Waals surface area contributed by atoms with Crippen LogP contribution in [0.5, 0.6) is 0 Å². The molecule has 23 heavy (non-hydrogen) atoms. The minimum atomic E-state index is -0.438. The number of aryl methyl sites for hydroxylation is 1. The number of carbonyl (C=O) groups is 2. The van der Waals surface area contributed by atoms with Gasteiger partial charge in [0.2, 0.25) is 5.91 Å². The Morgan fingerprint density at radius 1 is 1.22 bits per heavy atom. The molecule has 0 radical (unpaired) electrons. The van der Waals surface area contributed by atoms with E-state index in [1.165, 1.54) is 18.7 Å². The van der Waals surface area contributed by atoms with Crippen LogP contribution in [-0.2, 0) is 9.59 Å². The fraction of sp³-hybridized carbons (Fsp3) is 0.412. The lowest BCUT2D eigenvalue weighted by molar-refractivity contribution is -0.126. The Bertz CT molecular complexity index is 731. The van der Waals surface area contributed by atoms with Crippen molar-refractivity contribution in [3.63, 3.8) is 0 Å². The van der Waals surface area contributed by atoms with Gasteiger partial charge in [0.05, 0.1) is 17.3 Å². The number of thioether (sulfide) groups is 1. The lowest BCUT2D eigenvalue weighted by atomic mass is 10.0. The summed E-state index contributed by atoms with van der Waals surface area (Å²) in [4.78, 5) is 32.5. The number of Topliss-reactive ketones (excluding diaryl/α,β-unsaturated/α-hetero) is 1. The number of benzene rings is 1. The van der Waals surface area contributed by atoms with Gasteiger partial charge in [0.25, 0.3) is 0 Å². The summed E-state index contributed by atoms with van der Waals surface area (Å²) in [6, 6.07) is 7.29. The summed E-state index contributed by atoms with van der Waals surface area (Å²) in [7, 11) is 0. The number of fused-ring (bicyclic) bond motifs is 1. The molecule has 2 aromatic rings. The maximum absolute atomic E-state index is 12.1. The SMILES string of the molecule is CC(=O)C(NC(=O)CSc1nc(C)nc2ccccc12)C(C)C. The third kappa shape index (κ3) is 4.51. The van der Waals surface area contributed by atoms with E-state index in [9.17, 15) is 9.59 Å². The normalized spacial score (nSPS) is 12.4. The highest BCUT2D eigenvalue weighted by Gasteiger charge is 2.20. The molecule has 6 heteroatoms. The number of nitrogens with one attached hydrogen (secondary N) is 1. The number of amides is 1. The van der Waals surface area contributed by atoms with Gasteiger partial charge in [-0.15, -0.1) is 0 Å². The molecule has 0 saturated carbocycles. The Labute approximate surface area is 140 Å². The fourth-order valence-corrected chi connectivity index (χ4v) is 3.23. The molecule has 1 aromatic carbocycles. The lowest BCUT2D eigenvalue weighted by Crippen LogP contribution is -2.44. The third-order valence-electron chi connectivity index (χ3n) is 3.44. The maximum Gasteiger partial charge on any atom is 0.231 e. The molecule has 1 amide bonds. The summed E-state index contributed by atoms with van der Waals surface area (Å²) >= 11 is 1.36. The highest BCUT2D eigenvalue weighted by atomic mass is 32.2. The first-order chi connectivity index (χ1) is 10.9. The van der Waals surface area contributed by atoms with Crippen molar-refractivity contribution >= 4 is 34.4 Å². The van der Waals surface area contributed by atoms with Gasteiger partial charge in [0, 0.05) is 5.39 Å². The second-order valence-electron chi connectivity index (χ2n) is 5.78. The number of rotatable bonds is 6. The standard InChI is InChI=1S/C17H21N3O2S/c1-10(2)16(11(3)21)20-15(22)9-23-17-13-7-5-6-8-14(13)18-12(4)19-17/h5-8,10,16H,9H2,1-4H3,(H,20,22). The first kappa shape index (κ1) is 17.4. The zero-order valence-corrected chi connectivity index (χ0v) is 14.6. The van der Waals surface area contributed by atoms with E-state index in [-0.39, 0.29) is 23.4 Å². The summed E-state index contributed by atoms with van der Waals surface area (Å²) in [5.41, 5.74) is 0.867. The molecular formula is C17H21N3O2S. The quantitative estimate of drug-likeness (QED) is 0.651. The van der Waals surface area contributed by atoms with E-state index < -0.39 is 6.04 Å². The van der Waals surface area contributed by atoms with Gasteiger partial charge in [-0.2, -0.15) is 0 Å². The molecule has 0 aliphatic heterocycles. The zero-order valence-electron chi connectivity index (χ0n) is 13.8. The number of para-hydroxylation sites is 1. The molecule has 1 heterocycles. The van der Waals surface area contributed by atoms with Crippen molar-refractivity contribution in [2.75, 3.05) is 5.75 Å². The topological polar surface area (TPSA) is 72.0 Å². The first-order valence-electron chi connectivity index (χ1n) is 7.54. The van der Waals surface area contributed by atoms with Crippen molar-refractivity contribution in [3.05, 3.63) is 30.1 Å². The van der Waals surface area contributed by atoms with E-state index in [1.54, 1.807) is 0 Å². The van der Waals surface area contributed by atoms with Crippen LogP contribution in [-0.4, -0.2) is 33.5 Å². The van der Waals surface area contributed by atoms with Crippen molar-refractivity contribution in [3.8, 4) is 0 Å². The molecule has 0 bridgehead atoms. The molecule has 0 fully saturated rings. The predicted octanol–water partition coefficient (Wildman–Crippen LogP) is 2.76. The Hall–Kier alpha value is -1.95. The number of ketones is 1. The molecule has 0 spiro atoms. The van der Waals surface area contributed by atoms with Crippen LogP contribution >= 0.6 is 11.8 Å². The average Bonchev–Trinajstić information content (AvgIpc) is 2.49. The van der Waals surface area contributed by atoms with Gasteiger partial charge in [0.15, 0.2) is 5.78 Å². The molecule has 0 saturated heterocycles. The lowest BCUT2D eigenvalue weighted by Gasteiger charge is -2.19. The van der Waals surface area contributed by atoms with E-state index in [0.717, 1.165) is 15.9 Å². The Balaban J connectivity index is 2.09. The summed E-state index contributed by atoms with van der Waals surface area (Å²) in [5, 5.41) is 4.51. The predicted molar refractivity (Wildman–Crippen MR) is 92.4 cm³/mol. The number of carbonyl (C=O) groups excluding carboxylic acids is 2. The van der Waals surface area contributed by atoms with Gasteiger partial charge in [-0.1, -0.05) is 43.8 Å². The second kappa shape index (κ2) is 7.55. The van der Waals surface area contributed by atoms with E-state index >= 15 is 0 Å². The largest absolute Gasteiger partial charge is 0.345 e. The van der Waals surface area contributed by atoms with Gasteiger partial charge in [-0.3, -0.25) is 9.59 Å². The van der Waals surface area contributed by atoms with Gasteiger partial charge < -0.3 is 5.32 Å². The van der Waals surface area contributed by atoms with E-state index in [2.05, 4.69) is 15.3 Å². The second-order valence-corrected chi connectivity index (χ2v) is 6.75. The van der Waals surface area contributed by atoms with Gasteiger partial charge in [-0.05, 0) is 25.8 Å². The van der Waals surface area contributed by atoms with Crippen molar-refractivity contribution in [2.45, 2.75) is 38.8 Å². The number of hydrogen-bond donors (Lipinski definition) is 1. The van der Waals surface area contributed by atoms with Gasteiger partial charge in [0.1, 0.15) is 10.9 Å². The maximum atomic E-state index is 12.1. The molecule has 1 aromatic heterocycles. The molecule has 1 unspecified atom stereocenters. The Morgan fingerprint density at radius 2 is 1.91 bits per heavy atom. The Kier molecular flexibility index (Phi) is 5.71. The molecule has 5 nitrogen and oxygen atoms in total. The van der Waals surface area contributed by atoms with E-state index in [0.29, 0.717) is 5.82 Å². The molecule has 0 aliphatic rings. The fourth-order valence-electron chi connectivity index (χ4n) is 2.36. The zero-order chi connectivity index (χ0) is 17.0. The van der Waals surface area contributed by atoms with Crippen LogP contribution in [0.3, 0.4) is 0 Å². The summed E-state index contributed by atoms with van der Waals surface area (Å²) in [6.07, 6.45) is 0. The highest BCUT2D eigenvalue weighted by Crippen LogP contribution is 2.25. The van der Waals surface area contributed by atoms with Crippen molar-refractivity contribution in [1.29, 1.82) is 0 Å². The van der Waals surface area contributed by atoms with Crippen LogP contribution in [0.2, 0.25) is 0 Å². The minimum absolute atomic E-state index is 0.0262. The monoisotopic (exact) mass is 331 g/mol. The molecular weight excluding hydrogens is 310 g/mol. The number of hydrogen-bond acceptors (Lipinski definition) is 5. The molecule has 2 rings (SSSR count). The average molecular weight is 331 g/mol. The number of nitrogens with zero attached hydrogens (tertiary/aromatic N) is 2. The molecule has 0 aliphatic carbocycles. The highest BCUT2D eigenvalue weighted by molar-refractivity contribution is 8.00. The minimum Gasteiger partial charge on any atom is -0.345 e. The van der Waals surface area contributed by atoms with Crippen LogP contribution in [0.15, 0.2) is 29.3 Å². The van der Waals surface area contributed by atoms with Crippen LogP contribution < -0.4 is 5.32 Å². The number of aromatic nitrogens is 2. The van der Waals surface area contributed by atoms with Crippen LogP contribution in [0.25, 0.3) is 10.9 Å². The van der Waals surface area contributed by atoms with Gasteiger partial charge >= 0.3 is 0 Å². The van der Waals surface area contributed by atoms with Crippen molar-refractivity contribution in [2.24, 2.45) is 5.92 Å². The van der Waals surface area contributed by atoms with Gasteiger partial charge in [-0.25, -0.2) is 9.97 Å². The summed E-state index contributed by atoms with van der Waals surface area (Å²) in [5.74, 6) is 0.779. The Morgan fingerprint density at radius 3 is 2.57 bits per heavy atom. The van der Waals surface area contributed by atoms with E-state index in [1.807, 2.05) is 45.0 Å². The first-order valence-corrected chi connectivity index (χ1v) is 8.53. The molecule has 1 N–H and O–H groups in total. The van der Waals surface area contributed by atoms with E-state index in [4.69, 9.17) is 0 Å². The summed E-state index contributed by atoms with van der Waals surface area (Å²) in [6.45, 7) is 7.17. The summed E-state index contributed by atoms with van der Waals surface area (Å²) < 4.78 is 0.